The molecule has 2 heterocycles. The first-order chi connectivity index (χ1) is 13.5. The standard InChI is InChI=1S/C19H17ClN4O3S/c1-27-15-5-3-2-4-14(15)24-9-8-23(19(24)26)11-17(25)22-18-21-13-7-6-12(20)10-16(13)28-18/h2-7,10H,8-9,11H2,1H3,(H,21,22,25). The minimum Gasteiger partial charge on any atom is -0.495 e. The summed E-state index contributed by atoms with van der Waals surface area (Å²) in [7, 11) is 1.57. The van der Waals surface area contributed by atoms with Crippen LogP contribution < -0.4 is 15.0 Å². The van der Waals surface area contributed by atoms with Crippen molar-refractivity contribution in [2.75, 3.05) is 37.0 Å². The topological polar surface area (TPSA) is 74.8 Å². The fourth-order valence-electron chi connectivity index (χ4n) is 3.09. The largest absolute Gasteiger partial charge is 0.495 e. The van der Waals surface area contributed by atoms with E-state index in [-0.39, 0.29) is 18.5 Å². The van der Waals surface area contributed by atoms with Gasteiger partial charge in [-0.2, -0.15) is 0 Å². The molecule has 9 heteroatoms. The van der Waals surface area contributed by atoms with E-state index in [2.05, 4.69) is 10.3 Å². The SMILES string of the molecule is COc1ccccc1N1CCN(CC(=O)Nc2nc3ccc(Cl)cc3s2)C1=O. The molecule has 0 spiro atoms. The van der Waals surface area contributed by atoms with Crippen molar-refractivity contribution in [3.63, 3.8) is 0 Å². The number of amides is 3. The Morgan fingerprint density at radius 2 is 2.11 bits per heavy atom. The van der Waals surface area contributed by atoms with Crippen molar-refractivity contribution in [1.82, 2.24) is 9.88 Å². The lowest BCUT2D eigenvalue weighted by molar-refractivity contribution is -0.116. The second-order valence-electron chi connectivity index (χ2n) is 6.21. The number of thiazole rings is 1. The van der Waals surface area contributed by atoms with E-state index in [1.807, 2.05) is 18.2 Å². The fraction of sp³-hybridized carbons (Fsp3) is 0.211. The molecular formula is C19H17ClN4O3S. The van der Waals surface area contributed by atoms with Gasteiger partial charge in [0.25, 0.3) is 0 Å². The van der Waals surface area contributed by atoms with Gasteiger partial charge in [-0.25, -0.2) is 9.78 Å². The van der Waals surface area contributed by atoms with Gasteiger partial charge >= 0.3 is 6.03 Å². The molecule has 0 atom stereocenters. The Hall–Kier alpha value is -2.84. The third-order valence-corrected chi connectivity index (χ3v) is 5.57. The number of carbonyl (C=O) groups excluding carboxylic acids is 2. The van der Waals surface area contributed by atoms with Gasteiger partial charge in [-0.3, -0.25) is 9.69 Å². The van der Waals surface area contributed by atoms with Crippen molar-refractivity contribution >= 4 is 55.9 Å². The van der Waals surface area contributed by atoms with Crippen LogP contribution in [0.4, 0.5) is 15.6 Å². The van der Waals surface area contributed by atoms with Gasteiger partial charge in [0.1, 0.15) is 12.3 Å². The quantitative estimate of drug-likeness (QED) is 0.685. The Morgan fingerprint density at radius 1 is 1.29 bits per heavy atom. The highest BCUT2D eigenvalue weighted by Crippen LogP contribution is 2.31. The van der Waals surface area contributed by atoms with Crippen molar-refractivity contribution in [3.05, 3.63) is 47.5 Å². The maximum absolute atomic E-state index is 12.7. The van der Waals surface area contributed by atoms with Gasteiger partial charge in [0, 0.05) is 18.1 Å². The van der Waals surface area contributed by atoms with Crippen molar-refractivity contribution in [1.29, 1.82) is 0 Å². The Balaban J connectivity index is 1.42. The average molecular weight is 417 g/mol. The average Bonchev–Trinajstić information content (AvgIpc) is 3.24. The number of hydrogen-bond acceptors (Lipinski definition) is 5. The molecule has 3 aromatic rings. The van der Waals surface area contributed by atoms with Crippen LogP contribution in [0.1, 0.15) is 0 Å². The number of hydrogen-bond donors (Lipinski definition) is 1. The summed E-state index contributed by atoms with van der Waals surface area (Å²) in [5.41, 5.74) is 1.46. The number of aromatic nitrogens is 1. The van der Waals surface area contributed by atoms with Gasteiger partial charge in [-0.15, -0.1) is 0 Å². The number of nitrogens with one attached hydrogen (secondary N) is 1. The predicted octanol–water partition coefficient (Wildman–Crippen LogP) is 3.84. The molecule has 0 bridgehead atoms. The van der Waals surface area contributed by atoms with E-state index in [1.165, 1.54) is 16.2 Å². The van der Waals surface area contributed by atoms with E-state index < -0.39 is 0 Å². The number of nitrogens with zero attached hydrogens (tertiary/aromatic N) is 3. The number of rotatable bonds is 5. The van der Waals surface area contributed by atoms with Crippen LogP contribution >= 0.6 is 22.9 Å². The molecule has 144 valence electrons. The minimum absolute atomic E-state index is 0.0405. The maximum Gasteiger partial charge on any atom is 0.325 e. The Kier molecular flexibility index (Phi) is 5.06. The van der Waals surface area contributed by atoms with Crippen LogP contribution in [-0.2, 0) is 4.79 Å². The zero-order chi connectivity index (χ0) is 19.7. The smallest absolute Gasteiger partial charge is 0.325 e. The number of anilines is 2. The van der Waals surface area contributed by atoms with E-state index in [0.717, 1.165) is 10.2 Å². The van der Waals surface area contributed by atoms with Gasteiger partial charge in [0.15, 0.2) is 5.13 Å². The lowest BCUT2D eigenvalue weighted by Gasteiger charge is -2.20. The molecule has 1 fully saturated rings. The van der Waals surface area contributed by atoms with Gasteiger partial charge in [-0.05, 0) is 30.3 Å². The van der Waals surface area contributed by atoms with E-state index in [1.54, 1.807) is 36.3 Å². The van der Waals surface area contributed by atoms with E-state index >= 15 is 0 Å². The molecule has 28 heavy (non-hydrogen) atoms. The highest BCUT2D eigenvalue weighted by molar-refractivity contribution is 7.22. The van der Waals surface area contributed by atoms with Gasteiger partial charge in [0.05, 0.1) is 23.0 Å². The number of ether oxygens (including phenoxy) is 1. The zero-order valence-electron chi connectivity index (χ0n) is 15.0. The zero-order valence-corrected chi connectivity index (χ0v) is 16.6. The second kappa shape index (κ2) is 7.65. The Bertz CT molecular complexity index is 1050. The molecule has 0 unspecified atom stereocenters. The second-order valence-corrected chi connectivity index (χ2v) is 7.67. The van der Waals surface area contributed by atoms with Gasteiger partial charge in [-0.1, -0.05) is 35.1 Å². The lowest BCUT2D eigenvalue weighted by Crippen LogP contribution is -2.37. The molecule has 0 aliphatic carbocycles. The summed E-state index contributed by atoms with van der Waals surface area (Å²) in [6.07, 6.45) is 0. The van der Waals surface area contributed by atoms with E-state index in [4.69, 9.17) is 16.3 Å². The number of para-hydroxylation sites is 2. The molecular weight excluding hydrogens is 400 g/mol. The van der Waals surface area contributed by atoms with Gasteiger partial charge < -0.3 is 15.0 Å². The van der Waals surface area contributed by atoms with Crippen LogP contribution in [0.15, 0.2) is 42.5 Å². The first-order valence-electron chi connectivity index (χ1n) is 8.60. The highest BCUT2D eigenvalue weighted by Gasteiger charge is 2.32. The van der Waals surface area contributed by atoms with Crippen LogP contribution in [0.5, 0.6) is 5.75 Å². The van der Waals surface area contributed by atoms with Crippen molar-refractivity contribution in [3.8, 4) is 5.75 Å². The van der Waals surface area contributed by atoms with Crippen molar-refractivity contribution < 1.29 is 14.3 Å². The number of urea groups is 1. The van der Waals surface area contributed by atoms with Crippen molar-refractivity contribution in [2.45, 2.75) is 0 Å². The summed E-state index contributed by atoms with van der Waals surface area (Å²) in [5.74, 6) is 0.329. The summed E-state index contributed by atoms with van der Waals surface area (Å²) in [6, 6.07) is 12.5. The molecule has 4 rings (SSSR count). The first-order valence-corrected chi connectivity index (χ1v) is 9.80. The van der Waals surface area contributed by atoms with Crippen LogP contribution in [0.3, 0.4) is 0 Å². The van der Waals surface area contributed by atoms with Crippen LogP contribution in [0.25, 0.3) is 10.2 Å². The fourth-order valence-corrected chi connectivity index (χ4v) is 4.25. The summed E-state index contributed by atoms with van der Waals surface area (Å²) in [4.78, 5) is 32.6. The predicted molar refractivity (Wildman–Crippen MR) is 111 cm³/mol. The summed E-state index contributed by atoms with van der Waals surface area (Å²) in [6.45, 7) is 0.910. The molecule has 1 N–H and O–H groups in total. The molecule has 1 aromatic heterocycles. The highest BCUT2D eigenvalue weighted by atomic mass is 35.5. The van der Waals surface area contributed by atoms with E-state index in [9.17, 15) is 9.59 Å². The van der Waals surface area contributed by atoms with Crippen LogP contribution in [0, 0.1) is 0 Å². The Morgan fingerprint density at radius 3 is 2.93 bits per heavy atom. The van der Waals surface area contributed by atoms with Crippen molar-refractivity contribution in [2.24, 2.45) is 0 Å². The maximum atomic E-state index is 12.7. The van der Waals surface area contributed by atoms with Crippen LogP contribution in [0.2, 0.25) is 5.02 Å². The summed E-state index contributed by atoms with van der Waals surface area (Å²) >= 11 is 7.33. The normalized spacial score (nSPS) is 14.0. The molecule has 3 amide bonds. The van der Waals surface area contributed by atoms with Gasteiger partial charge in [0.2, 0.25) is 5.91 Å². The summed E-state index contributed by atoms with van der Waals surface area (Å²) < 4.78 is 6.22. The third kappa shape index (κ3) is 3.61. The number of methoxy groups -OCH3 is 1. The Labute approximate surface area is 170 Å². The number of benzene rings is 2. The molecule has 0 saturated carbocycles. The minimum atomic E-state index is -0.291. The molecule has 2 aromatic carbocycles. The van der Waals surface area contributed by atoms with Crippen LogP contribution in [-0.4, -0.2) is 48.6 Å². The summed E-state index contributed by atoms with van der Waals surface area (Å²) in [5, 5.41) is 3.86. The molecule has 0 radical (unpaired) electrons. The lowest BCUT2D eigenvalue weighted by atomic mass is 10.2. The number of fused-ring (bicyclic) bond motifs is 1. The first kappa shape index (κ1) is 18.5. The monoisotopic (exact) mass is 416 g/mol. The molecule has 7 nitrogen and oxygen atoms in total. The number of halogens is 1. The molecule has 1 aliphatic rings. The van der Waals surface area contributed by atoms with E-state index in [0.29, 0.717) is 34.7 Å². The molecule has 1 saturated heterocycles. The molecule has 1 aliphatic heterocycles. The third-order valence-electron chi connectivity index (χ3n) is 4.40. The number of carbonyl (C=O) groups is 2.